The number of hydrogen-bond donors (Lipinski definition) is 1. The molecular formula is C20H27N3O2S. The molecule has 1 N–H and O–H groups in total. The summed E-state index contributed by atoms with van der Waals surface area (Å²) >= 11 is 1.83. The van der Waals surface area contributed by atoms with Crippen LogP contribution in [0.1, 0.15) is 32.3 Å². The predicted octanol–water partition coefficient (Wildman–Crippen LogP) is 3.99. The van der Waals surface area contributed by atoms with Crippen molar-refractivity contribution in [1.82, 2.24) is 9.78 Å². The summed E-state index contributed by atoms with van der Waals surface area (Å²) in [6.07, 6.45) is 6.16. The molecule has 1 aliphatic rings. The minimum atomic E-state index is -0.0140. The quantitative estimate of drug-likeness (QED) is 0.746. The van der Waals surface area contributed by atoms with E-state index >= 15 is 0 Å². The average molecular weight is 374 g/mol. The van der Waals surface area contributed by atoms with Crippen LogP contribution in [0.5, 0.6) is 0 Å². The number of hydrogen-bond acceptors (Lipinski definition) is 4. The lowest BCUT2D eigenvalue weighted by molar-refractivity contribution is -0.115. The Bertz CT molecular complexity index is 706. The van der Waals surface area contributed by atoms with Gasteiger partial charge in [-0.05, 0) is 36.5 Å². The maximum atomic E-state index is 12.3. The van der Waals surface area contributed by atoms with Crippen molar-refractivity contribution in [3.8, 4) is 0 Å². The van der Waals surface area contributed by atoms with Crippen molar-refractivity contribution in [2.75, 3.05) is 18.5 Å². The van der Waals surface area contributed by atoms with Crippen LogP contribution in [0.15, 0.2) is 41.6 Å². The third kappa shape index (κ3) is 5.88. The van der Waals surface area contributed by atoms with E-state index in [9.17, 15) is 4.79 Å². The Labute approximate surface area is 159 Å². The lowest BCUT2D eigenvalue weighted by Gasteiger charge is -2.21. The van der Waals surface area contributed by atoms with Crippen LogP contribution in [0.2, 0.25) is 0 Å². The molecule has 1 saturated heterocycles. The maximum absolute atomic E-state index is 12.3. The van der Waals surface area contributed by atoms with Crippen LogP contribution in [-0.4, -0.2) is 34.2 Å². The molecule has 1 amide bonds. The number of nitrogens with one attached hydrogen (secondary N) is 1. The van der Waals surface area contributed by atoms with E-state index in [-0.39, 0.29) is 5.91 Å². The number of benzene rings is 1. The zero-order chi connectivity index (χ0) is 18.4. The third-order valence-electron chi connectivity index (χ3n) is 4.36. The largest absolute Gasteiger partial charge is 0.381 e. The molecular weight excluding hydrogens is 346 g/mol. The summed E-state index contributed by atoms with van der Waals surface area (Å²) < 4.78 is 7.31. The molecule has 2 aromatic rings. The summed E-state index contributed by atoms with van der Waals surface area (Å²) in [5, 5.41) is 7.87. The van der Waals surface area contributed by atoms with Gasteiger partial charge in [-0.15, -0.1) is 11.8 Å². The number of amides is 1. The van der Waals surface area contributed by atoms with Crippen molar-refractivity contribution in [3.05, 3.63) is 42.2 Å². The number of anilines is 1. The SMILES string of the molecule is CC(C)Sc1ccc(CC(=O)Nc2cnn(CC3CCOCC3)c2)cc1. The maximum Gasteiger partial charge on any atom is 0.228 e. The molecule has 0 atom stereocenters. The van der Waals surface area contributed by atoms with Gasteiger partial charge in [0.05, 0.1) is 18.3 Å². The zero-order valence-corrected chi connectivity index (χ0v) is 16.3. The second-order valence-electron chi connectivity index (χ2n) is 7.04. The van der Waals surface area contributed by atoms with Crippen molar-refractivity contribution in [3.63, 3.8) is 0 Å². The molecule has 0 spiro atoms. The first kappa shape index (κ1) is 19.0. The van der Waals surface area contributed by atoms with E-state index in [1.165, 1.54) is 4.90 Å². The molecule has 1 fully saturated rings. The highest BCUT2D eigenvalue weighted by molar-refractivity contribution is 7.99. The van der Waals surface area contributed by atoms with E-state index in [1.807, 2.05) is 34.8 Å². The monoisotopic (exact) mass is 373 g/mol. The van der Waals surface area contributed by atoms with Crippen molar-refractivity contribution in [2.45, 2.75) is 49.8 Å². The minimum Gasteiger partial charge on any atom is -0.381 e. The second kappa shape index (κ2) is 9.24. The molecule has 140 valence electrons. The number of thioether (sulfide) groups is 1. The Morgan fingerprint density at radius 2 is 2.04 bits per heavy atom. The number of carbonyl (C=O) groups is 1. The number of rotatable bonds is 7. The Morgan fingerprint density at radius 3 is 2.73 bits per heavy atom. The van der Waals surface area contributed by atoms with Crippen LogP contribution in [-0.2, 0) is 22.5 Å². The topological polar surface area (TPSA) is 56.2 Å². The molecule has 2 heterocycles. The van der Waals surface area contributed by atoms with Gasteiger partial charge in [0, 0.05) is 36.1 Å². The smallest absolute Gasteiger partial charge is 0.228 e. The molecule has 1 aliphatic heterocycles. The molecule has 5 nitrogen and oxygen atoms in total. The second-order valence-corrected chi connectivity index (χ2v) is 8.69. The Balaban J connectivity index is 1.48. The van der Waals surface area contributed by atoms with Gasteiger partial charge in [0.25, 0.3) is 0 Å². The number of carbonyl (C=O) groups excluding carboxylic acids is 1. The van der Waals surface area contributed by atoms with Crippen LogP contribution in [0.4, 0.5) is 5.69 Å². The minimum absolute atomic E-state index is 0.0140. The van der Waals surface area contributed by atoms with Gasteiger partial charge in [-0.1, -0.05) is 26.0 Å². The van der Waals surface area contributed by atoms with Gasteiger partial charge in [0.2, 0.25) is 5.91 Å². The van der Waals surface area contributed by atoms with E-state index in [0.717, 1.165) is 43.9 Å². The number of aromatic nitrogens is 2. The summed E-state index contributed by atoms with van der Waals surface area (Å²) in [6.45, 7) is 6.91. The molecule has 26 heavy (non-hydrogen) atoms. The van der Waals surface area contributed by atoms with Gasteiger partial charge < -0.3 is 10.1 Å². The molecule has 0 aliphatic carbocycles. The van der Waals surface area contributed by atoms with Crippen LogP contribution < -0.4 is 5.32 Å². The highest BCUT2D eigenvalue weighted by atomic mass is 32.2. The van der Waals surface area contributed by atoms with E-state index in [1.54, 1.807) is 6.20 Å². The van der Waals surface area contributed by atoms with Crippen molar-refractivity contribution < 1.29 is 9.53 Å². The van der Waals surface area contributed by atoms with Crippen LogP contribution in [0.3, 0.4) is 0 Å². The van der Waals surface area contributed by atoms with Crippen LogP contribution in [0.25, 0.3) is 0 Å². The predicted molar refractivity (Wildman–Crippen MR) is 106 cm³/mol. The van der Waals surface area contributed by atoms with Gasteiger partial charge in [0.15, 0.2) is 0 Å². The molecule has 6 heteroatoms. The third-order valence-corrected chi connectivity index (χ3v) is 5.38. The van der Waals surface area contributed by atoms with Crippen molar-refractivity contribution >= 4 is 23.4 Å². The first-order valence-corrected chi connectivity index (χ1v) is 10.1. The normalized spacial score (nSPS) is 15.3. The van der Waals surface area contributed by atoms with E-state index < -0.39 is 0 Å². The Morgan fingerprint density at radius 1 is 1.31 bits per heavy atom. The van der Waals surface area contributed by atoms with Gasteiger partial charge in [-0.2, -0.15) is 5.10 Å². The Kier molecular flexibility index (Phi) is 6.74. The summed E-state index contributed by atoms with van der Waals surface area (Å²) in [6, 6.07) is 8.22. The first-order valence-electron chi connectivity index (χ1n) is 9.24. The van der Waals surface area contributed by atoms with Gasteiger partial charge >= 0.3 is 0 Å². The van der Waals surface area contributed by atoms with Gasteiger partial charge in [0.1, 0.15) is 0 Å². The summed E-state index contributed by atoms with van der Waals surface area (Å²) in [7, 11) is 0. The molecule has 3 rings (SSSR count). The fourth-order valence-electron chi connectivity index (χ4n) is 3.07. The van der Waals surface area contributed by atoms with E-state index in [0.29, 0.717) is 17.6 Å². The standard InChI is InChI=1S/C20H27N3O2S/c1-15(2)26-19-5-3-16(4-6-19)11-20(24)22-18-12-21-23(14-18)13-17-7-9-25-10-8-17/h3-6,12,14-15,17H,7-11,13H2,1-2H3,(H,22,24). The number of ether oxygens (including phenoxy) is 1. The number of nitrogens with zero attached hydrogens (tertiary/aromatic N) is 2. The fourth-order valence-corrected chi connectivity index (χ4v) is 3.91. The Hall–Kier alpha value is -1.79. The van der Waals surface area contributed by atoms with E-state index in [2.05, 4.69) is 36.4 Å². The molecule has 0 bridgehead atoms. The average Bonchev–Trinajstić information content (AvgIpc) is 3.04. The zero-order valence-electron chi connectivity index (χ0n) is 15.5. The highest BCUT2D eigenvalue weighted by Crippen LogP contribution is 2.23. The molecule has 1 aromatic carbocycles. The molecule has 1 aromatic heterocycles. The lowest BCUT2D eigenvalue weighted by Crippen LogP contribution is -2.20. The van der Waals surface area contributed by atoms with Crippen molar-refractivity contribution in [1.29, 1.82) is 0 Å². The molecule has 0 radical (unpaired) electrons. The molecule has 0 unspecified atom stereocenters. The molecule has 0 saturated carbocycles. The van der Waals surface area contributed by atoms with Crippen LogP contribution >= 0.6 is 11.8 Å². The summed E-state index contributed by atoms with van der Waals surface area (Å²) in [5.41, 5.74) is 1.78. The summed E-state index contributed by atoms with van der Waals surface area (Å²) in [5.74, 6) is 0.592. The summed E-state index contributed by atoms with van der Waals surface area (Å²) in [4.78, 5) is 13.5. The van der Waals surface area contributed by atoms with Gasteiger partial charge in [-0.25, -0.2) is 0 Å². The fraction of sp³-hybridized carbons (Fsp3) is 0.500. The van der Waals surface area contributed by atoms with Crippen LogP contribution in [0, 0.1) is 5.92 Å². The van der Waals surface area contributed by atoms with Gasteiger partial charge in [-0.3, -0.25) is 9.48 Å². The first-order chi connectivity index (χ1) is 12.6. The van der Waals surface area contributed by atoms with Crippen molar-refractivity contribution in [2.24, 2.45) is 5.92 Å². The highest BCUT2D eigenvalue weighted by Gasteiger charge is 2.15. The van der Waals surface area contributed by atoms with E-state index in [4.69, 9.17) is 4.74 Å². The lowest BCUT2D eigenvalue weighted by atomic mass is 10.0.